The molecule has 5 nitrogen and oxygen atoms in total. The van der Waals surface area contributed by atoms with E-state index in [2.05, 4.69) is 4.98 Å². The van der Waals surface area contributed by atoms with Gasteiger partial charge in [-0.2, -0.15) is 0 Å². The molecule has 2 aromatic rings. The van der Waals surface area contributed by atoms with Crippen LogP contribution in [0.2, 0.25) is 0 Å². The summed E-state index contributed by atoms with van der Waals surface area (Å²) in [5.74, 6) is -0.626. The Morgan fingerprint density at radius 2 is 1.95 bits per heavy atom. The quantitative estimate of drug-likeness (QED) is 0.925. The number of nitrogens with two attached hydrogens (primary N) is 1. The maximum Gasteiger partial charge on any atom is 0.244 e. The van der Waals surface area contributed by atoms with Crippen molar-refractivity contribution < 1.29 is 9.59 Å². The molecule has 0 aliphatic carbocycles. The molecular formula is C17H17N3O2. The summed E-state index contributed by atoms with van der Waals surface area (Å²) in [6, 6.07) is 12.4. The molecule has 1 aliphatic rings. The van der Waals surface area contributed by atoms with E-state index in [0.717, 1.165) is 17.5 Å². The lowest BCUT2D eigenvalue weighted by Crippen LogP contribution is -2.46. The molecule has 0 saturated heterocycles. The number of aromatic nitrogens is 1. The van der Waals surface area contributed by atoms with Crippen molar-refractivity contribution >= 4 is 11.8 Å². The first-order chi connectivity index (χ1) is 10.7. The number of benzene rings is 1. The predicted molar refractivity (Wildman–Crippen MR) is 81.7 cm³/mol. The zero-order chi connectivity index (χ0) is 15.5. The maximum atomic E-state index is 12.6. The summed E-state index contributed by atoms with van der Waals surface area (Å²) in [4.78, 5) is 30.2. The molecule has 22 heavy (non-hydrogen) atoms. The third-order valence-corrected chi connectivity index (χ3v) is 3.93. The number of nitrogens with zero attached hydrogens (tertiary/aromatic N) is 2. The van der Waals surface area contributed by atoms with Gasteiger partial charge in [-0.3, -0.25) is 14.6 Å². The number of carbonyl (C=O) groups is 2. The number of hydrogen-bond donors (Lipinski definition) is 1. The van der Waals surface area contributed by atoms with Crippen LogP contribution >= 0.6 is 0 Å². The van der Waals surface area contributed by atoms with E-state index in [4.69, 9.17) is 5.73 Å². The molecule has 112 valence electrons. The largest absolute Gasteiger partial charge is 0.368 e. The van der Waals surface area contributed by atoms with Gasteiger partial charge in [-0.05, 0) is 29.7 Å². The minimum atomic E-state index is -0.693. The molecule has 2 heterocycles. The van der Waals surface area contributed by atoms with Crippen molar-refractivity contribution in [3.05, 3.63) is 65.5 Å². The minimum absolute atomic E-state index is 0.128. The summed E-state index contributed by atoms with van der Waals surface area (Å²) in [6.45, 7) is 0.496. The molecule has 0 fully saturated rings. The molecule has 0 spiro atoms. The van der Waals surface area contributed by atoms with E-state index in [1.165, 1.54) is 0 Å². The summed E-state index contributed by atoms with van der Waals surface area (Å²) in [5, 5.41) is 0. The van der Waals surface area contributed by atoms with Gasteiger partial charge in [0.1, 0.15) is 6.04 Å². The third-order valence-electron chi connectivity index (χ3n) is 3.93. The van der Waals surface area contributed by atoms with Crippen molar-refractivity contribution in [1.29, 1.82) is 0 Å². The van der Waals surface area contributed by atoms with Crippen molar-refractivity contribution in [2.45, 2.75) is 18.9 Å². The molecule has 1 aliphatic heterocycles. The van der Waals surface area contributed by atoms with Gasteiger partial charge in [0, 0.05) is 18.4 Å². The van der Waals surface area contributed by atoms with Crippen LogP contribution in [0.15, 0.2) is 48.7 Å². The molecular weight excluding hydrogens is 278 g/mol. The molecule has 1 atom stereocenters. The SMILES string of the molecule is NC(=O)C1c2ccccc2CCN1C(=O)Cc1ccccn1. The van der Waals surface area contributed by atoms with Gasteiger partial charge in [-0.1, -0.05) is 30.3 Å². The Morgan fingerprint density at radius 1 is 1.18 bits per heavy atom. The van der Waals surface area contributed by atoms with Crippen LogP contribution in [-0.4, -0.2) is 28.2 Å². The fraction of sp³-hybridized carbons (Fsp3) is 0.235. The topological polar surface area (TPSA) is 76.3 Å². The predicted octanol–water partition coefficient (Wildman–Crippen LogP) is 1.24. The number of primary amides is 1. The van der Waals surface area contributed by atoms with E-state index in [-0.39, 0.29) is 12.3 Å². The number of pyridine rings is 1. The zero-order valence-electron chi connectivity index (χ0n) is 12.1. The Labute approximate surface area is 128 Å². The van der Waals surface area contributed by atoms with Crippen LogP contribution in [-0.2, 0) is 22.4 Å². The van der Waals surface area contributed by atoms with Gasteiger partial charge in [0.15, 0.2) is 0 Å². The standard InChI is InChI=1S/C17H17N3O2/c18-17(22)16-14-7-2-1-5-12(14)8-10-20(16)15(21)11-13-6-3-4-9-19-13/h1-7,9,16H,8,10-11H2,(H2,18,22). The molecule has 1 aromatic heterocycles. The van der Waals surface area contributed by atoms with Crippen LogP contribution < -0.4 is 5.73 Å². The average Bonchev–Trinajstić information content (AvgIpc) is 2.54. The highest BCUT2D eigenvalue weighted by molar-refractivity contribution is 5.89. The smallest absolute Gasteiger partial charge is 0.244 e. The normalized spacial score (nSPS) is 16.9. The number of carbonyl (C=O) groups excluding carboxylic acids is 2. The highest BCUT2D eigenvalue weighted by Crippen LogP contribution is 2.29. The lowest BCUT2D eigenvalue weighted by atomic mass is 9.92. The number of hydrogen-bond acceptors (Lipinski definition) is 3. The van der Waals surface area contributed by atoms with Crippen LogP contribution in [0.4, 0.5) is 0 Å². The van der Waals surface area contributed by atoms with Crippen LogP contribution in [0.1, 0.15) is 22.9 Å². The first-order valence-corrected chi connectivity index (χ1v) is 7.23. The van der Waals surface area contributed by atoms with E-state index < -0.39 is 11.9 Å². The average molecular weight is 295 g/mol. The van der Waals surface area contributed by atoms with E-state index in [1.54, 1.807) is 23.2 Å². The Balaban J connectivity index is 1.87. The van der Waals surface area contributed by atoms with Crippen LogP contribution in [0.25, 0.3) is 0 Å². The van der Waals surface area contributed by atoms with Gasteiger partial charge in [0.05, 0.1) is 6.42 Å². The van der Waals surface area contributed by atoms with Gasteiger partial charge >= 0.3 is 0 Å². The van der Waals surface area contributed by atoms with Crippen molar-refractivity contribution in [2.75, 3.05) is 6.54 Å². The lowest BCUT2D eigenvalue weighted by Gasteiger charge is -2.35. The molecule has 2 amide bonds. The molecule has 0 radical (unpaired) electrons. The Bertz CT molecular complexity index is 700. The number of rotatable bonds is 3. The highest BCUT2D eigenvalue weighted by atomic mass is 16.2. The van der Waals surface area contributed by atoms with Crippen molar-refractivity contribution in [3.8, 4) is 0 Å². The fourth-order valence-electron chi connectivity index (χ4n) is 2.90. The molecule has 2 N–H and O–H groups in total. The monoisotopic (exact) mass is 295 g/mol. The summed E-state index contributed by atoms with van der Waals surface area (Å²) in [5.41, 5.74) is 8.15. The van der Waals surface area contributed by atoms with Crippen molar-refractivity contribution in [1.82, 2.24) is 9.88 Å². The van der Waals surface area contributed by atoms with Crippen LogP contribution in [0.5, 0.6) is 0 Å². The van der Waals surface area contributed by atoms with Gasteiger partial charge in [-0.25, -0.2) is 0 Å². The Hall–Kier alpha value is -2.69. The molecule has 5 heteroatoms. The second kappa shape index (κ2) is 5.97. The highest BCUT2D eigenvalue weighted by Gasteiger charge is 2.34. The van der Waals surface area contributed by atoms with E-state index in [9.17, 15) is 9.59 Å². The van der Waals surface area contributed by atoms with Gasteiger partial charge < -0.3 is 10.6 Å². The lowest BCUT2D eigenvalue weighted by molar-refractivity contribution is -0.139. The molecule has 0 bridgehead atoms. The van der Waals surface area contributed by atoms with E-state index in [0.29, 0.717) is 12.2 Å². The van der Waals surface area contributed by atoms with Crippen LogP contribution in [0, 0.1) is 0 Å². The first-order valence-electron chi connectivity index (χ1n) is 7.23. The van der Waals surface area contributed by atoms with Gasteiger partial charge in [0.2, 0.25) is 11.8 Å². The molecule has 1 unspecified atom stereocenters. The maximum absolute atomic E-state index is 12.6. The zero-order valence-corrected chi connectivity index (χ0v) is 12.1. The first kappa shape index (κ1) is 14.3. The molecule has 3 rings (SSSR count). The fourth-order valence-corrected chi connectivity index (χ4v) is 2.90. The third kappa shape index (κ3) is 2.70. The summed E-state index contributed by atoms with van der Waals surface area (Å²) in [7, 11) is 0. The second-order valence-corrected chi connectivity index (χ2v) is 5.34. The Morgan fingerprint density at radius 3 is 2.68 bits per heavy atom. The number of fused-ring (bicyclic) bond motifs is 1. The van der Waals surface area contributed by atoms with E-state index >= 15 is 0 Å². The second-order valence-electron chi connectivity index (χ2n) is 5.34. The van der Waals surface area contributed by atoms with E-state index in [1.807, 2.05) is 30.3 Å². The molecule has 0 saturated carbocycles. The summed E-state index contributed by atoms with van der Waals surface area (Å²) in [6.07, 6.45) is 2.56. The minimum Gasteiger partial charge on any atom is -0.368 e. The summed E-state index contributed by atoms with van der Waals surface area (Å²) < 4.78 is 0. The van der Waals surface area contributed by atoms with Crippen molar-refractivity contribution in [2.24, 2.45) is 5.73 Å². The molecule has 1 aromatic carbocycles. The van der Waals surface area contributed by atoms with Crippen molar-refractivity contribution in [3.63, 3.8) is 0 Å². The van der Waals surface area contributed by atoms with Crippen LogP contribution in [0.3, 0.4) is 0 Å². The Kier molecular flexibility index (Phi) is 3.87. The number of amides is 2. The van der Waals surface area contributed by atoms with Gasteiger partial charge in [-0.15, -0.1) is 0 Å². The summed E-state index contributed by atoms with van der Waals surface area (Å²) >= 11 is 0. The van der Waals surface area contributed by atoms with Gasteiger partial charge in [0.25, 0.3) is 0 Å².